The third kappa shape index (κ3) is 3.32. The molecule has 0 fully saturated rings. The SMILES string of the molecule is CCC(C)NC(CN)c1cc(Cl)c2c(c1)OCCO2. The fourth-order valence-corrected chi connectivity index (χ4v) is 2.37. The van der Waals surface area contributed by atoms with Gasteiger partial charge in [0, 0.05) is 18.6 Å². The van der Waals surface area contributed by atoms with Crippen LogP contribution in [-0.2, 0) is 0 Å². The average molecular weight is 285 g/mol. The zero-order chi connectivity index (χ0) is 13.8. The van der Waals surface area contributed by atoms with Crippen LogP contribution in [0.1, 0.15) is 31.9 Å². The van der Waals surface area contributed by atoms with Gasteiger partial charge in [-0.25, -0.2) is 0 Å². The number of ether oxygens (including phenoxy) is 2. The van der Waals surface area contributed by atoms with Gasteiger partial charge in [-0.05, 0) is 31.0 Å². The molecular weight excluding hydrogens is 264 g/mol. The van der Waals surface area contributed by atoms with Gasteiger partial charge in [0.05, 0.1) is 5.02 Å². The van der Waals surface area contributed by atoms with Crippen molar-refractivity contribution in [3.63, 3.8) is 0 Å². The molecule has 0 bridgehead atoms. The quantitative estimate of drug-likeness (QED) is 0.872. The highest BCUT2D eigenvalue weighted by molar-refractivity contribution is 6.32. The van der Waals surface area contributed by atoms with E-state index in [1.165, 1.54) is 0 Å². The lowest BCUT2D eigenvalue weighted by Crippen LogP contribution is -2.34. The first kappa shape index (κ1) is 14.4. The van der Waals surface area contributed by atoms with Gasteiger partial charge in [0.2, 0.25) is 0 Å². The lowest BCUT2D eigenvalue weighted by Gasteiger charge is -2.25. The molecule has 4 nitrogen and oxygen atoms in total. The van der Waals surface area contributed by atoms with Crippen LogP contribution in [0.2, 0.25) is 5.02 Å². The predicted molar refractivity (Wildman–Crippen MR) is 77.1 cm³/mol. The van der Waals surface area contributed by atoms with E-state index < -0.39 is 0 Å². The molecule has 1 aliphatic heterocycles. The molecule has 19 heavy (non-hydrogen) atoms. The van der Waals surface area contributed by atoms with Crippen molar-refractivity contribution in [1.82, 2.24) is 5.32 Å². The maximum atomic E-state index is 6.25. The first-order valence-corrected chi connectivity index (χ1v) is 7.08. The number of benzene rings is 1. The molecule has 3 N–H and O–H groups in total. The van der Waals surface area contributed by atoms with Crippen LogP contribution in [0.4, 0.5) is 0 Å². The molecule has 0 aromatic heterocycles. The van der Waals surface area contributed by atoms with Crippen LogP contribution in [0.15, 0.2) is 12.1 Å². The van der Waals surface area contributed by atoms with Crippen molar-refractivity contribution in [2.24, 2.45) is 5.73 Å². The van der Waals surface area contributed by atoms with Crippen molar-refractivity contribution < 1.29 is 9.47 Å². The smallest absolute Gasteiger partial charge is 0.179 e. The topological polar surface area (TPSA) is 56.5 Å². The van der Waals surface area contributed by atoms with Gasteiger partial charge < -0.3 is 20.5 Å². The Kier molecular flexibility index (Phi) is 4.91. The van der Waals surface area contributed by atoms with Crippen LogP contribution in [0.5, 0.6) is 11.5 Å². The summed E-state index contributed by atoms with van der Waals surface area (Å²) >= 11 is 6.25. The molecule has 1 heterocycles. The Balaban J connectivity index is 2.25. The minimum atomic E-state index is 0.0725. The van der Waals surface area contributed by atoms with E-state index in [2.05, 4.69) is 19.2 Å². The van der Waals surface area contributed by atoms with Crippen LogP contribution < -0.4 is 20.5 Å². The molecule has 2 unspecified atom stereocenters. The Bertz CT molecular complexity index is 440. The second-order valence-corrected chi connectivity index (χ2v) is 5.20. The second kappa shape index (κ2) is 6.46. The van der Waals surface area contributed by atoms with Gasteiger partial charge in [0.25, 0.3) is 0 Å². The predicted octanol–water partition coefficient (Wildman–Crippen LogP) is 2.50. The minimum Gasteiger partial charge on any atom is -0.486 e. The Morgan fingerprint density at radius 2 is 2.11 bits per heavy atom. The van der Waals surface area contributed by atoms with E-state index in [4.69, 9.17) is 26.8 Å². The lowest BCUT2D eigenvalue weighted by atomic mass is 10.0. The fraction of sp³-hybridized carbons (Fsp3) is 0.571. The van der Waals surface area contributed by atoms with Crippen LogP contribution in [-0.4, -0.2) is 25.8 Å². The Labute approximate surface area is 119 Å². The molecule has 0 saturated carbocycles. The number of fused-ring (bicyclic) bond motifs is 1. The number of nitrogens with one attached hydrogen (secondary N) is 1. The monoisotopic (exact) mass is 284 g/mol. The van der Waals surface area contributed by atoms with E-state index in [-0.39, 0.29) is 6.04 Å². The second-order valence-electron chi connectivity index (χ2n) is 4.79. The minimum absolute atomic E-state index is 0.0725. The maximum Gasteiger partial charge on any atom is 0.179 e. The van der Waals surface area contributed by atoms with Gasteiger partial charge >= 0.3 is 0 Å². The molecule has 2 atom stereocenters. The molecule has 106 valence electrons. The lowest BCUT2D eigenvalue weighted by molar-refractivity contribution is 0.171. The Morgan fingerprint density at radius 3 is 2.79 bits per heavy atom. The number of hydrogen-bond acceptors (Lipinski definition) is 4. The van der Waals surface area contributed by atoms with Crippen molar-refractivity contribution in [1.29, 1.82) is 0 Å². The molecule has 1 aromatic rings. The summed E-state index contributed by atoms with van der Waals surface area (Å²) in [6.07, 6.45) is 1.05. The molecular formula is C14H21ClN2O2. The third-order valence-corrected chi connectivity index (χ3v) is 3.64. The van der Waals surface area contributed by atoms with E-state index in [1.807, 2.05) is 12.1 Å². The highest BCUT2D eigenvalue weighted by Gasteiger charge is 2.20. The number of nitrogens with two attached hydrogens (primary N) is 1. The maximum absolute atomic E-state index is 6.25. The summed E-state index contributed by atoms with van der Waals surface area (Å²) in [5.41, 5.74) is 6.90. The fourth-order valence-electron chi connectivity index (χ4n) is 2.09. The zero-order valence-electron chi connectivity index (χ0n) is 11.4. The number of rotatable bonds is 5. The molecule has 0 amide bonds. The standard InChI is InChI=1S/C14H21ClN2O2/c1-3-9(2)17-12(8-16)10-6-11(15)14-13(7-10)18-4-5-19-14/h6-7,9,12,17H,3-5,8,16H2,1-2H3. The largest absolute Gasteiger partial charge is 0.486 e. The van der Waals surface area contributed by atoms with Crippen LogP contribution in [0.25, 0.3) is 0 Å². The van der Waals surface area contributed by atoms with Gasteiger partial charge in [-0.3, -0.25) is 0 Å². The average Bonchev–Trinajstić information content (AvgIpc) is 2.44. The molecule has 0 saturated heterocycles. The van der Waals surface area contributed by atoms with Crippen molar-refractivity contribution in [2.45, 2.75) is 32.4 Å². The number of hydrogen-bond donors (Lipinski definition) is 2. The van der Waals surface area contributed by atoms with Gasteiger partial charge in [0.1, 0.15) is 13.2 Å². The summed E-state index contributed by atoms with van der Waals surface area (Å²) in [5.74, 6) is 1.34. The van der Waals surface area contributed by atoms with E-state index in [0.29, 0.717) is 42.3 Å². The summed E-state index contributed by atoms with van der Waals surface area (Å²) in [6.45, 7) is 5.89. The first-order chi connectivity index (χ1) is 9.15. The highest BCUT2D eigenvalue weighted by atomic mass is 35.5. The summed E-state index contributed by atoms with van der Waals surface area (Å²) in [4.78, 5) is 0. The van der Waals surface area contributed by atoms with Crippen molar-refractivity contribution >= 4 is 11.6 Å². The molecule has 1 aliphatic rings. The molecule has 5 heteroatoms. The van der Waals surface area contributed by atoms with Crippen LogP contribution in [0, 0.1) is 0 Å². The summed E-state index contributed by atoms with van der Waals surface area (Å²) < 4.78 is 11.1. The van der Waals surface area contributed by atoms with Gasteiger partial charge in [-0.15, -0.1) is 0 Å². The normalized spacial score (nSPS) is 17.1. The zero-order valence-corrected chi connectivity index (χ0v) is 12.2. The van der Waals surface area contributed by atoms with E-state index in [9.17, 15) is 0 Å². The van der Waals surface area contributed by atoms with Crippen molar-refractivity contribution in [3.05, 3.63) is 22.7 Å². The van der Waals surface area contributed by atoms with E-state index in [0.717, 1.165) is 12.0 Å². The summed E-state index contributed by atoms with van der Waals surface area (Å²) in [7, 11) is 0. The molecule has 0 spiro atoms. The van der Waals surface area contributed by atoms with E-state index >= 15 is 0 Å². The first-order valence-electron chi connectivity index (χ1n) is 6.70. The molecule has 0 aliphatic carbocycles. The third-order valence-electron chi connectivity index (χ3n) is 3.36. The van der Waals surface area contributed by atoms with Crippen molar-refractivity contribution in [3.8, 4) is 11.5 Å². The van der Waals surface area contributed by atoms with E-state index in [1.54, 1.807) is 0 Å². The Hall–Kier alpha value is -0.970. The molecule has 1 aromatic carbocycles. The summed E-state index contributed by atoms with van der Waals surface area (Å²) in [5, 5.41) is 4.07. The van der Waals surface area contributed by atoms with Gasteiger partial charge in [-0.1, -0.05) is 18.5 Å². The van der Waals surface area contributed by atoms with Crippen LogP contribution >= 0.6 is 11.6 Å². The molecule has 0 radical (unpaired) electrons. The van der Waals surface area contributed by atoms with Crippen LogP contribution in [0.3, 0.4) is 0 Å². The Morgan fingerprint density at radius 1 is 1.37 bits per heavy atom. The van der Waals surface area contributed by atoms with Gasteiger partial charge in [-0.2, -0.15) is 0 Å². The highest BCUT2D eigenvalue weighted by Crippen LogP contribution is 2.39. The van der Waals surface area contributed by atoms with Gasteiger partial charge in [0.15, 0.2) is 11.5 Å². The van der Waals surface area contributed by atoms with Crippen molar-refractivity contribution in [2.75, 3.05) is 19.8 Å². The molecule has 2 rings (SSSR count). The number of halogens is 1. The summed E-state index contributed by atoms with van der Waals surface area (Å²) in [6, 6.07) is 4.35.